The van der Waals surface area contributed by atoms with Gasteiger partial charge in [0, 0.05) is 5.75 Å². The van der Waals surface area contributed by atoms with Gasteiger partial charge in [-0.25, -0.2) is 5.43 Å². The lowest BCUT2D eigenvalue weighted by atomic mass is 10.1. The van der Waals surface area contributed by atoms with Gasteiger partial charge in [-0.3, -0.25) is 4.79 Å². The number of ether oxygens (including phenoxy) is 1. The van der Waals surface area contributed by atoms with Crippen molar-refractivity contribution in [1.29, 1.82) is 0 Å². The Kier molecular flexibility index (Phi) is 6.88. The van der Waals surface area contributed by atoms with Gasteiger partial charge < -0.3 is 4.74 Å². The molecule has 0 saturated heterocycles. The van der Waals surface area contributed by atoms with E-state index in [-0.39, 0.29) is 11.2 Å². The topological polar surface area (TPSA) is 50.7 Å². The van der Waals surface area contributed by atoms with E-state index in [2.05, 4.69) is 22.7 Å². The van der Waals surface area contributed by atoms with E-state index in [1.165, 1.54) is 5.56 Å². The fraction of sp³-hybridized carbons (Fsp3) is 0.263. The minimum absolute atomic E-state index is 0.0937. The number of carbonyl (C=O) groups is 1. The molecule has 0 fully saturated rings. The normalized spacial score (nSPS) is 12.5. The largest absolute Gasteiger partial charge is 0.497 e. The van der Waals surface area contributed by atoms with E-state index in [4.69, 9.17) is 4.74 Å². The van der Waals surface area contributed by atoms with Crippen molar-refractivity contribution in [3.8, 4) is 5.75 Å². The number of hydrogen-bond donors (Lipinski definition) is 1. The highest BCUT2D eigenvalue weighted by Gasteiger charge is 2.13. The number of methoxy groups -OCH3 is 1. The van der Waals surface area contributed by atoms with Gasteiger partial charge in [-0.2, -0.15) is 5.10 Å². The predicted molar refractivity (Wildman–Crippen MR) is 101 cm³/mol. The molecular weight excluding hydrogens is 320 g/mol. The fourth-order valence-electron chi connectivity index (χ4n) is 2.00. The molecule has 5 heteroatoms. The lowest BCUT2D eigenvalue weighted by Gasteiger charge is -2.10. The number of thioether (sulfide) groups is 1. The van der Waals surface area contributed by atoms with E-state index in [1.54, 1.807) is 18.9 Å². The first-order valence-electron chi connectivity index (χ1n) is 7.74. The molecule has 0 radical (unpaired) electrons. The number of hydrogen-bond acceptors (Lipinski definition) is 4. The van der Waals surface area contributed by atoms with Crippen molar-refractivity contribution in [2.75, 3.05) is 7.11 Å². The second-order valence-corrected chi connectivity index (χ2v) is 6.67. The molecular formula is C19H22N2O2S. The molecule has 0 spiro atoms. The van der Waals surface area contributed by atoms with Crippen molar-refractivity contribution < 1.29 is 9.53 Å². The van der Waals surface area contributed by atoms with Crippen molar-refractivity contribution in [3.63, 3.8) is 0 Å². The van der Waals surface area contributed by atoms with Gasteiger partial charge in [0.25, 0.3) is 5.91 Å². The maximum Gasteiger partial charge on any atom is 0.252 e. The molecule has 1 N–H and O–H groups in total. The third-order valence-electron chi connectivity index (χ3n) is 3.55. The molecule has 1 atom stereocenters. The van der Waals surface area contributed by atoms with Crippen LogP contribution in [0.1, 0.15) is 25.0 Å². The highest BCUT2D eigenvalue weighted by molar-refractivity contribution is 7.99. The predicted octanol–water partition coefficient (Wildman–Crippen LogP) is 3.86. The van der Waals surface area contributed by atoms with Crippen LogP contribution in [0.4, 0.5) is 0 Å². The molecule has 24 heavy (non-hydrogen) atoms. The van der Waals surface area contributed by atoms with Gasteiger partial charge in [0.2, 0.25) is 0 Å². The quantitative estimate of drug-likeness (QED) is 0.614. The zero-order chi connectivity index (χ0) is 17.4. The number of carbonyl (C=O) groups excluding carboxylic acids is 1. The smallest absolute Gasteiger partial charge is 0.252 e. The van der Waals surface area contributed by atoms with Crippen molar-refractivity contribution in [1.82, 2.24) is 5.43 Å². The molecule has 0 heterocycles. The summed E-state index contributed by atoms with van der Waals surface area (Å²) < 4.78 is 5.13. The molecule has 1 amide bonds. The minimum Gasteiger partial charge on any atom is -0.497 e. The van der Waals surface area contributed by atoms with Gasteiger partial charge in [-0.1, -0.05) is 30.3 Å². The Labute approximate surface area is 147 Å². The first kappa shape index (κ1) is 18.1. The molecule has 2 rings (SSSR count). The number of hydrazone groups is 1. The van der Waals surface area contributed by atoms with Gasteiger partial charge in [-0.15, -0.1) is 11.8 Å². The fourth-order valence-corrected chi connectivity index (χ4v) is 2.84. The summed E-state index contributed by atoms with van der Waals surface area (Å²) in [6, 6.07) is 17.7. The van der Waals surface area contributed by atoms with Crippen molar-refractivity contribution in [2.45, 2.75) is 24.9 Å². The van der Waals surface area contributed by atoms with E-state index in [0.717, 1.165) is 22.8 Å². The molecule has 0 aromatic heterocycles. The average molecular weight is 342 g/mol. The van der Waals surface area contributed by atoms with Gasteiger partial charge in [0.05, 0.1) is 18.1 Å². The van der Waals surface area contributed by atoms with Crippen molar-refractivity contribution in [3.05, 3.63) is 65.7 Å². The summed E-state index contributed by atoms with van der Waals surface area (Å²) in [6.45, 7) is 3.76. The van der Waals surface area contributed by atoms with Crippen LogP contribution in [0, 0.1) is 0 Å². The van der Waals surface area contributed by atoms with E-state index >= 15 is 0 Å². The van der Waals surface area contributed by atoms with E-state index < -0.39 is 0 Å². The van der Waals surface area contributed by atoms with Crippen LogP contribution in [0.5, 0.6) is 5.75 Å². The summed E-state index contributed by atoms with van der Waals surface area (Å²) in [7, 11) is 1.63. The van der Waals surface area contributed by atoms with Gasteiger partial charge >= 0.3 is 0 Å². The first-order valence-corrected chi connectivity index (χ1v) is 8.79. The van der Waals surface area contributed by atoms with Gasteiger partial charge in [-0.05, 0) is 49.2 Å². The third kappa shape index (κ3) is 5.42. The molecule has 0 aliphatic heterocycles. The molecule has 0 aliphatic rings. The molecule has 0 saturated carbocycles. The second kappa shape index (κ2) is 9.13. The van der Waals surface area contributed by atoms with Crippen LogP contribution >= 0.6 is 11.8 Å². The Balaban J connectivity index is 1.85. The maximum atomic E-state index is 12.1. The second-order valence-electron chi connectivity index (χ2n) is 5.34. The molecule has 126 valence electrons. The van der Waals surface area contributed by atoms with Crippen LogP contribution in [0.3, 0.4) is 0 Å². The van der Waals surface area contributed by atoms with Crippen LogP contribution in [0.15, 0.2) is 59.7 Å². The summed E-state index contributed by atoms with van der Waals surface area (Å²) in [5, 5.41) is 4.02. The molecule has 4 nitrogen and oxygen atoms in total. The van der Waals surface area contributed by atoms with E-state index in [1.807, 2.05) is 56.3 Å². The number of amides is 1. The molecule has 2 aromatic rings. The zero-order valence-electron chi connectivity index (χ0n) is 14.2. The van der Waals surface area contributed by atoms with Crippen LogP contribution in [-0.4, -0.2) is 24.0 Å². The Morgan fingerprint density at radius 1 is 1.17 bits per heavy atom. The highest BCUT2D eigenvalue weighted by Crippen LogP contribution is 2.17. The van der Waals surface area contributed by atoms with Crippen LogP contribution in [0.25, 0.3) is 0 Å². The monoisotopic (exact) mass is 342 g/mol. The number of nitrogens with zero attached hydrogens (tertiary/aromatic N) is 1. The van der Waals surface area contributed by atoms with Crippen molar-refractivity contribution in [2.24, 2.45) is 5.10 Å². The van der Waals surface area contributed by atoms with Gasteiger partial charge in [0.1, 0.15) is 5.75 Å². The highest BCUT2D eigenvalue weighted by atomic mass is 32.2. The van der Waals surface area contributed by atoms with E-state index in [9.17, 15) is 4.79 Å². The van der Waals surface area contributed by atoms with Crippen LogP contribution in [0.2, 0.25) is 0 Å². The molecule has 0 aliphatic carbocycles. The van der Waals surface area contributed by atoms with Crippen molar-refractivity contribution >= 4 is 23.4 Å². The van der Waals surface area contributed by atoms with Crippen LogP contribution in [-0.2, 0) is 10.5 Å². The Bertz CT molecular complexity index is 684. The number of benzene rings is 2. The Morgan fingerprint density at radius 2 is 1.83 bits per heavy atom. The van der Waals surface area contributed by atoms with Crippen LogP contribution < -0.4 is 10.2 Å². The number of rotatable bonds is 7. The first-order chi connectivity index (χ1) is 11.6. The lowest BCUT2D eigenvalue weighted by Crippen LogP contribution is -2.27. The maximum absolute atomic E-state index is 12.1. The molecule has 0 bridgehead atoms. The zero-order valence-corrected chi connectivity index (χ0v) is 15.0. The van der Waals surface area contributed by atoms with Gasteiger partial charge in [0.15, 0.2) is 0 Å². The summed E-state index contributed by atoms with van der Waals surface area (Å²) in [4.78, 5) is 12.1. The number of nitrogens with one attached hydrogen (secondary N) is 1. The summed E-state index contributed by atoms with van der Waals surface area (Å²) >= 11 is 1.59. The van der Waals surface area contributed by atoms with E-state index in [0.29, 0.717) is 0 Å². The SMILES string of the molecule is COc1ccc(C(C)=NNC(=O)C(C)SCc2ccccc2)cc1. The summed E-state index contributed by atoms with van der Waals surface area (Å²) in [6.07, 6.45) is 0. The summed E-state index contributed by atoms with van der Waals surface area (Å²) in [5.41, 5.74) is 5.55. The molecule has 1 unspecified atom stereocenters. The third-order valence-corrected chi connectivity index (χ3v) is 4.77. The standard InChI is InChI=1S/C19H22N2O2S/c1-14(17-9-11-18(23-3)12-10-17)20-21-19(22)15(2)24-13-16-7-5-4-6-8-16/h4-12,15H,13H2,1-3H3,(H,21,22). The average Bonchev–Trinajstić information content (AvgIpc) is 2.64. The minimum atomic E-state index is -0.169. The Hall–Kier alpha value is -2.27. The summed E-state index contributed by atoms with van der Waals surface area (Å²) in [5.74, 6) is 1.50. The Morgan fingerprint density at radius 3 is 2.46 bits per heavy atom. The lowest BCUT2D eigenvalue weighted by molar-refractivity contribution is -0.120. The molecule has 2 aromatic carbocycles.